The van der Waals surface area contributed by atoms with Gasteiger partial charge < -0.3 is 0 Å². The number of anilines is 1. The van der Waals surface area contributed by atoms with Crippen molar-refractivity contribution in [3.8, 4) is 0 Å². The SMILES string of the molecule is Cc1cccc2sc(N(Cc3ccccc3)C(=O)CN3C(=O)[C@H]4CC=CC[C@@H]4C3=O)nc12. The summed E-state index contributed by atoms with van der Waals surface area (Å²) in [6.45, 7) is 2.06. The number of hydrogen-bond donors (Lipinski definition) is 0. The highest BCUT2D eigenvalue weighted by Gasteiger charge is 2.48. The molecule has 2 atom stereocenters. The number of nitrogens with zero attached hydrogens (tertiary/aromatic N) is 3. The number of allylic oxidation sites excluding steroid dienone is 2. The maximum Gasteiger partial charge on any atom is 0.249 e. The summed E-state index contributed by atoms with van der Waals surface area (Å²) >= 11 is 1.44. The Morgan fingerprint density at radius 2 is 1.72 bits per heavy atom. The molecule has 7 heteroatoms. The molecule has 0 N–H and O–H groups in total. The molecular formula is C25H23N3O3S. The normalized spacial score (nSPS) is 20.1. The average molecular weight is 446 g/mol. The minimum absolute atomic E-state index is 0.238. The fourth-order valence-corrected chi connectivity index (χ4v) is 5.52. The van der Waals surface area contributed by atoms with Crippen LogP contribution < -0.4 is 4.90 Å². The van der Waals surface area contributed by atoms with Crippen LogP contribution in [0.4, 0.5) is 5.13 Å². The molecule has 162 valence electrons. The lowest BCUT2D eigenvalue weighted by atomic mass is 9.85. The van der Waals surface area contributed by atoms with Crippen LogP contribution in [0, 0.1) is 18.8 Å². The van der Waals surface area contributed by atoms with Gasteiger partial charge in [-0.2, -0.15) is 0 Å². The zero-order valence-corrected chi connectivity index (χ0v) is 18.5. The first-order chi connectivity index (χ1) is 15.5. The second-order valence-electron chi connectivity index (χ2n) is 8.30. The highest BCUT2D eigenvalue weighted by atomic mass is 32.1. The first kappa shape index (κ1) is 20.6. The van der Waals surface area contributed by atoms with Crippen molar-refractivity contribution in [3.63, 3.8) is 0 Å². The van der Waals surface area contributed by atoms with Crippen LogP contribution in [0.1, 0.15) is 24.0 Å². The van der Waals surface area contributed by atoms with Crippen LogP contribution in [0.5, 0.6) is 0 Å². The van der Waals surface area contributed by atoms with E-state index in [4.69, 9.17) is 4.98 Å². The monoisotopic (exact) mass is 445 g/mol. The summed E-state index contributed by atoms with van der Waals surface area (Å²) in [5, 5.41) is 0.571. The van der Waals surface area contributed by atoms with E-state index in [9.17, 15) is 14.4 Å². The van der Waals surface area contributed by atoms with Crippen LogP contribution in [0.3, 0.4) is 0 Å². The van der Waals surface area contributed by atoms with Crippen molar-refractivity contribution in [2.75, 3.05) is 11.4 Å². The maximum atomic E-state index is 13.5. The fourth-order valence-electron chi connectivity index (χ4n) is 4.46. The van der Waals surface area contributed by atoms with Gasteiger partial charge >= 0.3 is 0 Å². The van der Waals surface area contributed by atoms with Crippen LogP contribution in [-0.2, 0) is 20.9 Å². The highest BCUT2D eigenvalue weighted by molar-refractivity contribution is 7.22. The summed E-state index contributed by atoms with van der Waals surface area (Å²) in [6, 6.07) is 15.6. The van der Waals surface area contributed by atoms with Gasteiger partial charge in [-0.1, -0.05) is 66.0 Å². The first-order valence-corrected chi connectivity index (χ1v) is 11.6. The van der Waals surface area contributed by atoms with Gasteiger partial charge in [-0.05, 0) is 37.0 Å². The predicted molar refractivity (Wildman–Crippen MR) is 124 cm³/mol. The predicted octanol–water partition coefficient (Wildman–Crippen LogP) is 4.09. The number of fused-ring (bicyclic) bond motifs is 2. The van der Waals surface area contributed by atoms with Gasteiger partial charge in [-0.25, -0.2) is 4.98 Å². The summed E-state index contributed by atoms with van der Waals surface area (Å²) in [5.41, 5.74) is 2.86. The number of hydrogen-bond acceptors (Lipinski definition) is 5. The second kappa shape index (κ2) is 8.31. The smallest absolute Gasteiger partial charge is 0.249 e. The number of carbonyl (C=O) groups is 3. The molecule has 2 aliphatic rings. The van der Waals surface area contributed by atoms with E-state index in [2.05, 4.69) is 0 Å². The fraction of sp³-hybridized carbons (Fsp3) is 0.280. The Morgan fingerprint density at radius 1 is 1.03 bits per heavy atom. The lowest BCUT2D eigenvalue weighted by Crippen LogP contribution is -2.43. The van der Waals surface area contributed by atoms with E-state index in [1.807, 2.05) is 67.6 Å². The standard InChI is InChI=1S/C25H23N3O3S/c1-16-8-7-13-20-22(16)26-25(32-20)27(14-17-9-3-2-4-10-17)21(29)15-28-23(30)18-11-5-6-12-19(18)24(28)31/h2-10,13,18-19H,11-12,14-15H2,1H3/t18-,19-/m0/s1. The molecule has 1 saturated heterocycles. The third-order valence-electron chi connectivity index (χ3n) is 6.22. The number of benzene rings is 2. The number of aromatic nitrogens is 1. The molecule has 1 aliphatic carbocycles. The summed E-state index contributed by atoms with van der Waals surface area (Å²) < 4.78 is 0.997. The van der Waals surface area contributed by atoms with Crippen molar-refractivity contribution in [2.45, 2.75) is 26.3 Å². The summed E-state index contributed by atoms with van der Waals surface area (Å²) in [5.74, 6) is -1.46. The Morgan fingerprint density at radius 3 is 2.38 bits per heavy atom. The van der Waals surface area contributed by atoms with Crippen LogP contribution in [0.2, 0.25) is 0 Å². The van der Waals surface area contributed by atoms with Gasteiger partial charge in [0.25, 0.3) is 0 Å². The van der Waals surface area contributed by atoms with E-state index >= 15 is 0 Å². The molecule has 0 unspecified atom stereocenters. The average Bonchev–Trinajstić information content (AvgIpc) is 3.35. The highest BCUT2D eigenvalue weighted by Crippen LogP contribution is 2.36. The van der Waals surface area contributed by atoms with Gasteiger partial charge in [0.2, 0.25) is 17.7 Å². The molecular weight excluding hydrogens is 422 g/mol. The van der Waals surface area contributed by atoms with Gasteiger partial charge in [-0.3, -0.25) is 24.2 Å². The van der Waals surface area contributed by atoms with E-state index in [1.54, 1.807) is 4.90 Å². The number of amides is 3. The Labute approximate surface area is 190 Å². The Kier molecular flexibility index (Phi) is 5.35. The molecule has 3 aromatic rings. The Hall–Kier alpha value is -3.32. The van der Waals surface area contributed by atoms with Crippen LogP contribution in [0.25, 0.3) is 10.2 Å². The summed E-state index contributed by atoms with van der Waals surface area (Å²) in [4.78, 5) is 46.7. The lowest BCUT2D eigenvalue weighted by molar-refractivity contribution is -0.143. The van der Waals surface area contributed by atoms with E-state index in [-0.39, 0.29) is 36.1 Å². The van der Waals surface area contributed by atoms with E-state index in [0.717, 1.165) is 26.2 Å². The Balaban J connectivity index is 1.46. The zero-order valence-electron chi connectivity index (χ0n) is 17.7. The summed E-state index contributed by atoms with van der Waals surface area (Å²) in [7, 11) is 0. The quantitative estimate of drug-likeness (QED) is 0.438. The van der Waals surface area contributed by atoms with Crippen LogP contribution in [0.15, 0.2) is 60.7 Å². The number of imide groups is 1. The number of carbonyl (C=O) groups excluding carboxylic acids is 3. The molecule has 0 bridgehead atoms. The van der Waals surface area contributed by atoms with Gasteiger partial charge in [-0.15, -0.1) is 0 Å². The topological polar surface area (TPSA) is 70.6 Å². The van der Waals surface area contributed by atoms with Gasteiger partial charge in [0.15, 0.2) is 5.13 Å². The molecule has 0 spiro atoms. The second-order valence-corrected chi connectivity index (χ2v) is 9.31. The van der Waals surface area contributed by atoms with E-state index < -0.39 is 0 Å². The number of thiazole rings is 1. The maximum absolute atomic E-state index is 13.5. The minimum Gasteiger partial charge on any atom is -0.282 e. The van der Waals surface area contributed by atoms with Gasteiger partial charge in [0, 0.05) is 0 Å². The molecule has 2 heterocycles. The Bertz CT molecular complexity index is 1210. The molecule has 6 nitrogen and oxygen atoms in total. The van der Waals surface area contributed by atoms with Crippen molar-refractivity contribution >= 4 is 44.4 Å². The van der Waals surface area contributed by atoms with Crippen LogP contribution >= 0.6 is 11.3 Å². The molecule has 5 rings (SSSR count). The molecule has 1 fully saturated rings. The molecule has 2 aromatic carbocycles. The largest absolute Gasteiger partial charge is 0.282 e. The zero-order chi connectivity index (χ0) is 22.2. The molecule has 1 aromatic heterocycles. The van der Waals surface area contributed by atoms with Crippen molar-refractivity contribution in [2.24, 2.45) is 11.8 Å². The van der Waals surface area contributed by atoms with Gasteiger partial charge in [0.1, 0.15) is 6.54 Å². The van der Waals surface area contributed by atoms with Crippen molar-refractivity contribution < 1.29 is 14.4 Å². The number of para-hydroxylation sites is 1. The van der Waals surface area contributed by atoms with Crippen molar-refractivity contribution in [3.05, 3.63) is 71.8 Å². The van der Waals surface area contributed by atoms with Crippen molar-refractivity contribution in [1.29, 1.82) is 0 Å². The molecule has 1 aliphatic heterocycles. The molecule has 32 heavy (non-hydrogen) atoms. The first-order valence-electron chi connectivity index (χ1n) is 10.7. The third kappa shape index (κ3) is 3.62. The van der Waals surface area contributed by atoms with Crippen molar-refractivity contribution in [1.82, 2.24) is 9.88 Å². The number of likely N-dealkylation sites (tertiary alicyclic amines) is 1. The third-order valence-corrected chi connectivity index (χ3v) is 7.26. The van der Waals surface area contributed by atoms with E-state index in [1.165, 1.54) is 11.3 Å². The van der Waals surface area contributed by atoms with E-state index in [0.29, 0.717) is 24.5 Å². The van der Waals surface area contributed by atoms with Gasteiger partial charge in [0.05, 0.1) is 28.6 Å². The minimum atomic E-state index is -0.340. The summed E-state index contributed by atoms with van der Waals surface area (Å²) in [6.07, 6.45) is 5.02. The number of aryl methyl sites for hydroxylation is 1. The molecule has 0 radical (unpaired) electrons. The molecule has 0 saturated carbocycles. The molecule has 3 amide bonds. The number of rotatable bonds is 5. The van der Waals surface area contributed by atoms with Crippen LogP contribution in [-0.4, -0.2) is 34.2 Å². The lowest BCUT2D eigenvalue weighted by Gasteiger charge is -2.23.